The average molecular weight is 224 g/mol. The Hall–Kier alpha value is -0.770. The second-order valence-electron chi connectivity index (χ2n) is 6.24. The van der Waals surface area contributed by atoms with Gasteiger partial charge < -0.3 is 10.1 Å². The zero-order chi connectivity index (χ0) is 11.5. The van der Waals surface area contributed by atoms with Gasteiger partial charge in [-0.3, -0.25) is 4.90 Å². The molecule has 3 fully saturated rings. The Labute approximate surface area is 96.3 Å². The van der Waals surface area contributed by atoms with Crippen molar-refractivity contribution in [2.45, 2.75) is 44.9 Å². The summed E-state index contributed by atoms with van der Waals surface area (Å²) in [6.07, 6.45) is 1.20. The maximum absolute atomic E-state index is 12.1. The number of amides is 1. The number of piperazine rings is 1. The van der Waals surface area contributed by atoms with Gasteiger partial charge in [0.05, 0.1) is 12.1 Å². The van der Waals surface area contributed by atoms with Gasteiger partial charge in [-0.15, -0.1) is 0 Å². The fourth-order valence-electron chi connectivity index (χ4n) is 3.24. The van der Waals surface area contributed by atoms with E-state index in [1.807, 2.05) is 25.7 Å². The Balaban J connectivity index is 1.74. The van der Waals surface area contributed by atoms with Crippen molar-refractivity contribution in [1.82, 2.24) is 10.2 Å². The molecule has 0 aromatic carbocycles. The first-order chi connectivity index (χ1) is 7.47. The number of hydrogen-bond donors (Lipinski definition) is 1. The summed E-state index contributed by atoms with van der Waals surface area (Å²) in [6, 6.07) is 0.775. The number of piperidine rings is 1. The van der Waals surface area contributed by atoms with E-state index in [9.17, 15) is 4.79 Å². The molecule has 4 atom stereocenters. The molecule has 1 saturated carbocycles. The largest absolute Gasteiger partial charge is 0.444 e. The number of hydrogen-bond acceptors (Lipinski definition) is 3. The molecule has 0 radical (unpaired) electrons. The van der Waals surface area contributed by atoms with E-state index in [1.54, 1.807) is 0 Å². The minimum Gasteiger partial charge on any atom is -0.444 e. The normalized spacial score (nSPS) is 40.6. The van der Waals surface area contributed by atoms with E-state index in [4.69, 9.17) is 4.74 Å². The molecule has 1 amide bonds. The van der Waals surface area contributed by atoms with Gasteiger partial charge in [-0.25, -0.2) is 4.79 Å². The summed E-state index contributed by atoms with van der Waals surface area (Å²) in [6.45, 7) is 7.66. The van der Waals surface area contributed by atoms with Crippen LogP contribution in [0.25, 0.3) is 0 Å². The Morgan fingerprint density at radius 3 is 2.31 bits per heavy atom. The molecule has 2 aliphatic heterocycles. The SMILES string of the molecule is CC(C)(C)OC(=O)N1[C@@H]2CNC[C@H]1[C@H]1C[C@H]12. The molecule has 0 aromatic rings. The lowest BCUT2D eigenvalue weighted by Gasteiger charge is -2.38. The quantitative estimate of drug-likeness (QED) is 0.672. The van der Waals surface area contributed by atoms with Gasteiger partial charge in [0.2, 0.25) is 0 Å². The first-order valence-electron chi connectivity index (χ1n) is 6.19. The van der Waals surface area contributed by atoms with Crippen LogP contribution in [-0.2, 0) is 4.74 Å². The topological polar surface area (TPSA) is 41.6 Å². The van der Waals surface area contributed by atoms with Crippen LogP contribution in [0.1, 0.15) is 27.2 Å². The minimum absolute atomic E-state index is 0.115. The first kappa shape index (κ1) is 10.4. The van der Waals surface area contributed by atoms with E-state index < -0.39 is 0 Å². The monoisotopic (exact) mass is 224 g/mol. The molecule has 4 heteroatoms. The molecule has 2 bridgehead atoms. The van der Waals surface area contributed by atoms with Gasteiger partial charge in [-0.1, -0.05) is 0 Å². The number of carbonyl (C=O) groups excluding carboxylic acids is 1. The third kappa shape index (κ3) is 1.51. The van der Waals surface area contributed by atoms with Gasteiger partial charge in [0.25, 0.3) is 0 Å². The van der Waals surface area contributed by atoms with Crippen LogP contribution in [-0.4, -0.2) is 41.8 Å². The molecule has 90 valence electrons. The van der Waals surface area contributed by atoms with Crippen molar-refractivity contribution in [3.05, 3.63) is 0 Å². The molecule has 0 unspecified atom stereocenters. The summed E-state index contributed by atoms with van der Waals surface area (Å²) >= 11 is 0. The zero-order valence-corrected chi connectivity index (χ0v) is 10.2. The predicted molar refractivity (Wildman–Crippen MR) is 60.1 cm³/mol. The number of carbonyl (C=O) groups is 1. The second kappa shape index (κ2) is 3.13. The summed E-state index contributed by atoms with van der Waals surface area (Å²) in [7, 11) is 0. The molecule has 1 aliphatic carbocycles. The Morgan fingerprint density at radius 2 is 1.81 bits per heavy atom. The molecule has 0 spiro atoms. The number of rotatable bonds is 0. The van der Waals surface area contributed by atoms with Crippen LogP contribution in [0.15, 0.2) is 0 Å². The zero-order valence-electron chi connectivity index (χ0n) is 10.2. The lowest BCUT2D eigenvalue weighted by atomic mass is 10.1. The van der Waals surface area contributed by atoms with Crippen molar-refractivity contribution in [2.24, 2.45) is 11.8 Å². The fourth-order valence-corrected chi connectivity index (χ4v) is 3.24. The number of fused-ring (bicyclic) bond motifs is 5. The minimum atomic E-state index is -0.383. The van der Waals surface area contributed by atoms with Crippen molar-refractivity contribution in [1.29, 1.82) is 0 Å². The van der Waals surface area contributed by atoms with Crippen LogP contribution >= 0.6 is 0 Å². The van der Waals surface area contributed by atoms with Crippen molar-refractivity contribution in [3.63, 3.8) is 0 Å². The molecule has 3 aliphatic rings. The molecule has 4 nitrogen and oxygen atoms in total. The molecule has 2 saturated heterocycles. The fraction of sp³-hybridized carbons (Fsp3) is 0.917. The molecular weight excluding hydrogens is 204 g/mol. The van der Waals surface area contributed by atoms with Gasteiger partial charge >= 0.3 is 6.09 Å². The highest BCUT2D eigenvalue weighted by Gasteiger charge is 2.61. The van der Waals surface area contributed by atoms with E-state index in [1.165, 1.54) is 6.42 Å². The van der Waals surface area contributed by atoms with E-state index >= 15 is 0 Å². The Morgan fingerprint density at radius 1 is 1.25 bits per heavy atom. The Bertz CT molecular complexity index is 307. The standard InChI is InChI=1S/C12H20N2O2/c1-12(2,3)16-11(15)14-9-5-13-6-10(14)8-4-7(8)9/h7-10,13H,4-6H2,1-3H3/t7-,8+,9-,10+. The highest BCUT2D eigenvalue weighted by Crippen LogP contribution is 2.54. The molecule has 0 aromatic heterocycles. The van der Waals surface area contributed by atoms with Crippen molar-refractivity contribution in [2.75, 3.05) is 13.1 Å². The summed E-state index contributed by atoms with van der Waals surface area (Å²) in [4.78, 5) is 14.1. The van der Waals surface area contributed by atoms with Crippen LogP contribution < -0.4 is 5.32 Å². The smallest absolute Gasteiger partial charge is 0.410 e. The van der Waals surface area contributed by atoms with Crippen LogP contribution in [0.2, 0.25) is 0 Å². The van der Waals surface area contributed by atoms with Gasteiger partial charge in [-0.05, 0) is 39.0 Å². The molecule has 3 rings (SSSR count). The van der Waals surface area contributed by atoms with E-state index in [2.05, 4.69) is 5.32 Å². The summed E-state index contributed by atoms with van der Waals surface area (Å²) in [5, 5.41) is 3.41. The average Bonchev–Trinajstić information content (AvgIpc) is 2.89. The molecule has 16 heavy (non-hydrogen) atoms. The van der Waals surface area contributed by atoms with E-state index in [0.717, 1.165) is 24.9 Å². The summed E-state index contributed by atoms with van der Waals surface area (Å²) in [5.74, 6) is 1.49. The lowest BCUT2D eigenvalue weighted by molar-refractivity contribution is 0.00429. The van der Waals surface area contributed by atoms with Crippen LogP contribution in [0, 0.1) is 11.8 Å². The van der Waals surface area contributed by atoms with Crippen molar-refractivity contribution >= 4 is 6.09 Å². The van der Waals surface area contributed by atoms with Crippen molar-refractivity contribution < 1.29 is 9.53 Å². The molecular formula is C12H20N2O2. The summed E-state index contributed by atoms with van der Waals surface area (Å²) in [5.41, 5.74) is -0.383. The van der Waals surface area contributed by atoms with E-state index in [0.29, 0.717) is 12.1 Å². The number of nitrogens with one attached hydrogen (secondary N) is 1. The van der Waals surface area contributed by atoms with Crippen molar-refractivity contribution in [3.8, 4) is 0 Å². The van der Waals surface area contributed by atoms with E-state index in [-0.39, 0.29) is 11.7 Å². The van der Waals surface area contributed by atoms with Gasteiger partial charge in [0.15, 0.2) is 0 Å². The number of ether oxygens (including phenoxy) is 1. The summed E-state index contributed by atoms with van der Waals surface area (Å²) < 4.78 is 5.49. The second-order valence-corrected chi connectivity index (χ2v) is 6.24. The lowest BCUT2D eigenvalue weighted by Crippen LogP contribution is -2.57. The number of nitrogens with zero attached hydrogens (tertiary/aromatic N) is 1. The van der Waals surface area contributed by atoms with Crippen LogP contribution in [0.3, 0.4) is 0 Å². The third-order valence-electron chi connectivity index (χ3n) is 3.91. The maximum atomic E-state index is 12.1. The Kier molecular flexibility index (Phi) is 2.03. The van der Waals surface area contributed by atoms with Crippen LogP contribution in [0.5, 0.6) is 0 Å². The first-order valence-corrected chi connectivity index (χ1v) is 6.19. The van der Waals surface area contributed by atoms with Gasteiger partial charge in [0, 0.05) is 13.1 Å². The van der Waals surface area contributed by atoms with Crippen LogP contribution in [0.4, 0.5) is 4.79 Å². The maximum Gasteiger partial charge on any atom is 0.410 e. The third-order valence-corrected chi connectivity index (χ3v) is 3.91. The van der Waals surface area contributed by atoms with Gasteiger partial charge in [-0.2, -0.15) is 0 Å². The highest BCUT2D eigenvalue weighted by atomic mass is 16.6. The van der Waals surface area contributed by atoms with Gasteiger partial charge in [0.1, 0.15) is 5.60 Å². The highest BCUT2D eigenvalue weighted by molar-refractivity contribution is 5.70. The predicted octanol–water partition coefficient (Wildman–Crippen LogP) is 1.21. The molecule has 2 heterocycles. The molecule has 1 N–H and O–H groups in total.